The van der Waals surface area contributed by atoms with Crippen LogP contribution < -0.4 is 15.0 Å². The number of rotatable bonds is 4. The molecule has 1 aromatic heterocycles. The average molecular weight is 363 g/mol. The minimum atomic E-state index is -0.227. The molecule has 138 valence electrons. The summed E-state index contributed by atoms with van der Waals surface area (Å²) in [5.41, 5.74) is 2.81. The van der Waals surface area contributed by atoms with Crippen LogP contribution in [0.1, 0.15) is 23.3 Å². The van der Waals surface area contributed by atoms with E-state index in [4.69, 9.17) is 4.74 Å². The molecule has 0 aliphatic carbocycles. The molecule has 1 N–H and O–H groups in total. The fourth-order valence-corrected chi connectivity index (χ4v) is 3.57. The third-order valence-corrected chi connectivity index (χ3v) is 5.00. The first-order chi connectivity index (χ1) is 13.1. The van der Waals surface area contributed by atoms with Crippen molar-refractivity contribution in [3.63, 3.8) is 0 Å². The molecule has 4 rings (SSSR count). The number of hydrogen-bond donors (Lipinski definition) is 1. The number of benzene rings is 2. The Balaban J connectivity index is 1.71. The topological polar surface area (TPSA) is 63.6 Å². The van der Waals surface area contributed by atoms with Gasteiger partial charge in [0.2, 0.25) is 5.91 Å². The zero-order valence-electron chi connectivity index (χ0n) is 15.4. The lowest BCUT2D eigenvalue weighted by Gasteiger charge is -2.21. The summed E-state index contributed by atoms with van der Waals surface area (Å²) in [5.74, 6) is 0.466. The first-order valence-corrected chi connectivity index (χ1v) is 8.92. The van der Waals surface area contributed by atoms with Crippen LogP contribution in [0.5, 0.6) is 5.75 Å². The maximum atomic E-state index is 13.0. The molecule has 1 fully saturated rings. The summed E-state index contributed by atoms with van der Waals surface area (Å²) in [7, 11) is 3.44. The van der Waals surface area contributed by atoms with Crippen LogP contribution in [0.25, 0.3) is 10.9 Å². The maximum Gasteiger partial charge on any atom is 0.272 e. The molecule has 0 unspecified atom stereocenters. The summed E-state index contributed by atoms with van der Waals surface area (Å²) in [6, 6.07) is 15.1. The second kappa shape index (κ2) is 6.79. The van der Waals surface area contributed by atoms with Gasteiger partial charge in [0.05, 0.1) is 18.5 Å². The molecule has 2 heterocycles. The number of aryl methyl sites for hydroxylation is 1. The van der Waals surface area contributed by atoms with Gasteiger partial charge in [-0.15, -0.1) is 0 Å². The monoisotopic (exact) mass is 363 g/mol. The molecule has 6 nitrogen and oxygen atoms in total. The second-order valence-corrected chi connectivity index (χ2v) is 6.63. The normalized spacial score (nSPS) is 14.0. The van der Waals surface area contributed by atoms with E-state index < -0.39 is 0 Å². The Morgan fingerprint density at radius 1 is 1.15 bits per heavy atom. The number of para-hydroxylation sites is 1. The van der Waals surface area contributed by atoms with Crippen molar-refractivity contribution >= 4 is 34.1 Å². The van der Waals surface area contributed by atoms with Crippen LogP contribution in [0.2, 0.25) is 0 Å². The van der Waals surface area contributed by atoms with Crippen LogP contribution in [0.3, 0.4) is 0 Å². The van der Waals surface area contributed by atoms with Crippen molar-refractivity contribution in [2.75, 3.05) is 23.9 Å². The van der Waals surface area contributed by atoms with Gasteiger partial charge in [-0.25, -0.2) is 0 Å². The van der Waals surface area contributed by atoms with E-state index in [1.54, 1.807) is 24.1 Å². The molecule has 0 saturated carbocycles. The molecule has 0 spiro atoms. The second-order valence-electron chi connectivity index (χ2n) is 6.63. The average Bonchev–Trinajstić information content (AvgIpc) is 3.25. The number of nitrogens with one attached hydrogen (secondary N) is 1. The lowest BCUT2D eigenvalue weighted by atomic mass is 10.2. The SMILES string of the molecule is COc1ccc(N2CCCC2=O)c(NC(=O)c2cc3ccccc3n2C)c1. The lowest BCUT2D eigenvalue weighted by molar-refractivity contribution is -0.117. The standard InChI is InChI=1S/C21H21N3O3/c1-23-17-7-4-3-6-14(17)12-19(23)21(26)22-16-13-15(27-2)9-10-18(16)24-11-5-8-20(24)25/h3-4,6-7,9-10,12-13H,5,8,11H2,1-2H3,(H,22,26). The van der Waals surface area contributed by atoms with Gasteiger partial charge >= 0.3 is 0 Å². The first kappa shape index (κ1) is 17.1. The Bertz CT molecular complexity index is 1040. The quantitative estimate of drug-likeness (QED) is 0.771. The van der Waals surface area contributed by atoms with Gasteiger partial charge in [0.25, 0.3) is 5.91 Å². The van der Waals surface area contributed by atoms with Crippen LogP contribution in [-0.2, 0) is 11.8 Å². The number of fused-ring (bicyclic) bond motifs is 1. The lowest BCUT2D eigenvalue weighted by Crippen LogP contribution is -2.26. The molecule has 0 atom stereocenters. The summed E-state index contributed by atoms with van der Waals surface area (Å²) in [6.45, 7) is 0.655. The minimum Gasteiger partial charge on any atom is -0.497 e. The van der Waals surface area contributed by atoms with Crippen LogP contribution >= 0.6 is 0 Å². The van der Waals surface area contributed by atoms with Crippen molar-refractivity contribution in [1.29, 1.82) is 0 Å². The van der Waals surface area contributed by atoms with Gasteiger partial charge in [-0.1, -0.05) is 18.2 Å². The van der Waals surface area contributed by atoms with E-state index in [9.17, 15) is 9.59 Å². The number of nitrogens with zero attached hydrogens (tertiary/aromatic N) is 2. The van der Waals surface area contributed by atoms with Crippen LogP contribution in [-0.4, -0.2) is 30.0 Å². The van der Waals surface area contributed by atoms with Gasteiger partial charge in [-0.05, 0) is 30.7 Å². The molecule has 1 aliphatic rings. The van der Waals surface area contributed by atoms with Gasteiger partial charge in [0.1, 0.15) is 11.4 Å². The van der Waals surface area contributed by atoms with Crippen molar-refractivity contribution in [2.24, 2.45) is 7.05 Å². The Morgan fingerprint density at radius 3 is 2.67 bits per heavy atom. The Labute approximate surface area is 157 Å². The highest BCUT2D eigenvalue weighted by Gasteiger charge is 2.25. The van der Waals surface area contributed by atoms with E-state index in [0.717, 1.165) is 17.3 Å². The van der Waals surface area contributed by atoms with Crippen molar-refractivity contribution < 1.29 is 14.3 Å². The molecule has 2 aromatic carbocycles. The highest BCUT2D eigenvalue weighted by molar-refractivity contribution is 6.09. The fourth-order valence-electron chi connectivity index (χ4n) is 3.57. The molecule has 2 amide bonds. The number of ether oxygens (including phenoxy) is 1. The molecular weight excluding hydrogens is 342 g/mol. The molecular formula is C21H21N3O3. The number of aromatic nitrogens is 1. The van der Waals surface area contributed by atoms with E-state index in [1.807, 2.05) is 48.0 Å². The van der Waals surface area contributed by atoms with Crippen molar-refractivity contribution in [3.8, 4) is 5.75 Å². The Morgan fingerprint density at radius 2 is 1.96 bits per heavy atom. The predicted molar refractivity (Wildman–Crippen MR) is 105 cm³/mol. The van der Waals surface area contributed by atoms with Crippen LogP contribution in [0, 0.1) is 0 Å². The first-order valence-electron chi connectivity index (χ1n) is 8.92. The largest absolute Gasteiger partial charge is 0.497 e. The van der Waals surface area contributed by atoms with Crippen LogP contribution in [0.15, 0.2) is 48.5 Å². The van der Waals surface area contributed by atoms with E-state index in [2.05, 4.69) is 5.32 Å². The summed E-state index contributed by atoms with van der Waals surface area (Å²) in [4.78, 5) is 26.9. The fraction of sp³-hybridized carbons (Fsp3) is 0.238. The van der Waals surface area contributed by atoms with Gasteiger partial charge in [0, 0.05) is 37.0 Å². The molecule has 27 heavy (non-hydrogen) atoms. The molecule has 0 radical (unpaired) electrons. The zero-order valence-corrected chi connectivity index (χ0v) is 15.4. The molecule has 1 saturated heterocycles. The summed E-state index contributed by atoms with van der Waals surface area (Å²) >= 11 is 0. The van der Waals surface area contributed by atoms with Crippen LogP contribution in [0.4, 0.5) is 11.4 Å². The number of anilines is 2. The Hall–Kier alpha value is -3.28. The third-order valence-electron chi connectivity index (χ3n) is 5.00. The highest BCUT2D eigenvalue weighted by Crippen LogP contribution is 2.33. The van der Waals surface area contributed by atoms with E-state index in [1.165, 1.54) is 0 Å². The summed E-state index contributed by atoms with van der Waals surface area (Å²) < 4.78 is 7.16. The third kappa shape index (κ3) is 3.03. The maximum absolute atomic E-state index is 13.0. The minimum absolute atomic E-state index is 0.0697. The number of carbonyl (C=O) groups is 2. The zero-order chi connectivity index (χ0) is 19.0. The van der Waals surface area contributed by atoms with E-state index in [-0.39, 0.29) is 11.8 Å². The highest BCUT2D eigenvalue weighted by atomic mass is 16.5. The predicted octanol–water partition coefficient (Wildman–Crippen LogP) is 3.57. The Kier molecular flexibility index (Phi) is 4.32. The summed E-state index contributed by atoms with van der Waals surface area (Å²) in [5, 5.41) is 3.97. The number of methoxy groups -OCH3 is 1. The van der Waals surface area contributed by atoms with E-state index in [0.29, 0.717) is 35.8 Å². The molecule has 3 aromatic rings. The number of amides is 2. The molecule has 6 heteroatoms. The van der Waals surface area contributed by atoms with Gasteiger partial charge in [0.15, 0.2) is 0 Å². The number of hydrogen-bond acceptors (Lipinski definition) is 3. The smallest absolute Gasteiger partial charge is 0.272 e. The number of carbonyl (C=O) groups excluding carboxylic acids is 2. The summed E-state index contributed by atoms with van der Waals surface area (Å²) in [6.07, 6.45) is 1.35. The van der Waals surface area contributed by atoms with Crippen molar-refractivity contribution in [2.45, 2.75) is 12.8 Å². The van der Waals surface area contributed by atoms with Gasteiger partial charge in [-0.2, -0.15) is 0 Å². The van der Waals surface area contributed by atoms with Gasteiger partial charge in [-0.3, -0.25) is 9.59 Å². The van der Waals surface area contributed by atoms with Crippen molar-refractivity contribution in [3.05, 3.63) is 54.2 Å². The molecule has 0 bridgehead atoms. The van der Waals surface area contributed by atoms with Crippen molar-refractivity contribution in [1.82, 2.24) is 4.57 Å². The van der Waals surface area contributed by atoms with Gasteiger partial charge < -0.3 is 19.5 Å². The van der Waals surface area contributed by atoms with E-state index >= 15 is 0 Å². The molecule has 1 aliphatic heterocycles.